The number of thiocarbonyl (C=S) groups is 1. The number of anilines is 2. The second kappa shape index (κ2) is 8.29. The molecule has 0 radical (unpaired) electrons. The lowest BCUT2D eigenvalue weighted by Crippen LogP contribution is -2.19. The Hall–Kier alpha value is -2.40. The average molecular weight is 328 g/mol. The SMILES string of the molecule is CCCCc1ccc(NC(=S)Nc2ccc(C(=O)O)cc2)cc1. The number of hydrogen-bond donors (Lipinski definition) is 3. The Morgan fingerprint density at radius 1 is 1.00 bits per heavy atom. The third-order valence-corrected chi connectivity index (χ3v) is 3.62. The predicted molar refractivity (Wildman–Crippen MR) is 98.3 cm³/mol. The topological polar surface area (TPSA) is 61.4 Å². The molecule has 0 amide bonds. The van der Waals surface area contributed by atoms with Crippen LogP contribution in [0.3, 0.4) is 0 Å². The Balaban J connectivity index is 1.90. The van der Waals surface area contributed by atoms with Crippen LogP contribution in [0, 0.1) is 0 Å². The van der Waals surface area contributed by atoms with Gasteiger partial charge in [0.2, 0.25) is 0 Å². The van der Waals surface area contributed by atoms with E-state index in [1.807, 2.05) is 12.1 Å². The lowest BCUT2D eigenvalue weighted by atomic mass is 10.1. The summed E-state index contributed by atoms with van der Waals surface area (Å²) in [6.45, 7) is 2.18. The smallest absolute Gasteiger partial charge is 0.335 e. The Kier molecular flexibility index (Phi) is 6.11. The third kappa shape index (κ3) is 5.38. The van der Waals surface area contributed by atoms with E-state index in [0.29, 0.717) is 5.11 Å². The van der Waals surface area contributed by atoms with E-state index < -0.39 is 5.97 Å². The summed E-state index contributed by atoms with van der Waals surface area (Å²) in [5, 5.41) is 15.5. The second-order valence-electron chi connectivity index (χ2n) is 5.26. The molecule has 2 aromatic carbocycles. The number of aromatic carboxylic acids is 1. The molecule has 120 valence electrons. The maximum atomic E-state index is 10.8. The van der Waals surface area contributed by atoms with E-state index in [1.165, 1.54) is 30.5 Å². The number of carbonyl (C=O) groups is 1. The molecule has 0 unspecified atom stereocenters. The summed E-state index contributed by atoms with van der Waals surface area (Å²) < 4.78 is 0. The molecule has 0 aromatic heterocycles. The van der Waals surface area contributed by atoms with Crippen LogP contribution >= 0.6 is 12.2 Å². The molecule has 5 heteroatoms. The summed E-state index contributed by atoms with van der Waals surface area (Å²) in [6, 6.07) is 14.7. The fourth-order valence-corrected chi connectivity index (χ4v) is 2.36. The number of unbranched alkanes of at least 4 members (excludes halogenated alkanes) is 1. The van der Waals surface area contributed by atoms with Gasteiger partial charge in [0.25, 0.3) is 0 Å². The van der Waals surface area contributed by atoms with E-state index in [1.54, 1.807) is 12.1 Å². The van der Waals surface area contributed by atoms with Crippen molar-refractivity contribution in [1.82, 2.24) is 0 Å². The number of hydrogen-bond acceptors (Lipinski definition) is 2. The first-order valence-corrected chi connectivity index (χ1v) is 7.99. The molecule has 0 aliphatic carbocycles. The maximum absolute atomic E-state index is 10.8. The van der Waals surface area contributed by atoms with Gasteiger partial charge < -0.3 is 15.7 Å². The van der Waals surface area contributed by atoms with Gasteiger partial charge in [0.05, 0.1) is 5.56 Å². The van der Waals surface area contributed by atoms with Crippen LogP contribution in [-0.2, 0) is 6.42 Å². The first-order chi connectivity index (χ1) is 11.1. The summed E-state index contributed by atoms with van der Waals surface area (Å²) >= 11 is 5.27. The highest BCUT2D eigenvalue weighted by Gasteiger charge is 2.03. The number of carboxylic acids is 1. The standard InChI is InChI=1S/C18H20N2O2S/c1-2-3-4-13-5-9-15(10-6-13)19-18(23)20-16-11-7-14(8-12-16)17(21)22/h5-12H,2-4H2,1H3,(H,21,22)(H2,19,20,23). The lowest BCUT2D eigenvalue weighted by Gasteiger charge is -2.11. The van der Waals surface area contributed by atoms with Crippen LogP contribution in [0.5, 0.6) is 0 Å². The molecule has 0 bridgehead atoms. The fraction of sp³-hybridized carbons (Fsp3) is 0.222. The number of nitrogens with one attached hydrogen (secondary N) is 2. The minimum atomic E-state index is -0.944. The van der Waals surface area contributed by atoms with Gasteiger partial charge in [-0.2, -0.15) is 0 Å². The molecule has 0 atom stereocenters. The minimum absolute atomic E-state index is 0.247. The lowest BCUT2D eigenvalue weighted by molar-refractivity contribution is 0.0697. The average Bonchev–Trinajstić information content (AvgIpc) is 2.54. The van der Waals surface area contributed by atoms with Crippen LogP contribution in [0.1, 0.15) is 35.7 Å². The van der Waals surface area contributed by atoms with Gasteiger partial charge in [0.15, 0.2) is 5.11 Å². The summed E-state index contributed by atoms with van der Waals surface area (Å²) in [5.74, 6) is -0.944. The van der Waals surface area contributed by atoms with Crippen LogP contribution in [-0.4, -0.2) is 16.2 Å². The van der Waals surface area contributed by atoms with Crippen molar-refractivity contribution in [2.45, 2.75) is 26.2 Å². The van der Waals surface area contributed by atoms with Crippen molar-refractivity contribution in [3.05, 3.63) is 59.7 Å². The molecular weight excluding hydrogens is 308 g/mol. The van der Waals surface area contributed by atoms with E-state index in [-0.39, 0.29) is 5.56 Å². The molecule has 0 saturated heterocycles. The zero-order valence-electron chi connectivity index (χ0n) is 13.0. The first-order valence-electron chi connectivity index (χ1n) is 7.59. The normalized spacial score (nSPS) is 10.1. The Morgan fingerprint density at radius 3 is 2.00 bits per heavy atom. The third-order valence-electron chi connectivity index (χ3n) is 3.42. The van der Waals surface area contributed by atoms with Gasteiger partial charge in [-0.3, -0.25) is 0 Å². The van der Waals surface area contributed by atoms with E-state index in [0.717, 1.165) is 17.8 Å². The highest BCUT2D eigenvalue weighted by Crippen LogP contribution is 2.14. The van der Waals surface area contributed by atoms with Gasteiger partial charge in [-0.15, -0.1) is 0 Å². The Labute approximate surface area is 141 Å². The molecule has 4 nitrogen and oxygen atoms in total. The molecule has 0 aliphatic heterocycles. The van der Waals surface area contributed by atoms with Gasteiger partial charge in [-0.1, -0.05) is 25.5 Å². The summed E-state index contributed by atoms with van der Waals surface area (Å²) in [4.78, 5) is 10.8. The minimum Gasteiger partial charge on any atom is -0.478 e. The van der Waals surface area contributed by atoms with Crippen molar-refractivity contribution in [1.29, 1.82) is 0 Å². The van der Waals surface area contributed by atoms with Crippen molar-refractivity contribution in [2.24, 2.45) is 0 Å². The molecule has 2 aromatic rings. The first kappa shape index (κ1) is 17.0. The largest absolute Gasteiger partial charge is 0.478 e. The van der Waals surface area contributed by atoms with E-state index in [2.05, 4.69) is 29.7 Å². The number of carboxylic acid groups (broad SMARTS) is 1. The van der Waals surface area contributed by atoms with Gasteiger partial charge >= 0.3 is 5.97 Å². The monoisotopic (exact) mass is 328 g/mol. The molecule has 3 N–H and O–H groups in total. The number of benzene rings is 2. The van der Waals surface area contributed by atoms with Gasteiger partial charge in [0.1, 0.15) is 0 Å². The van der Waals surface area contributed by atoms with Crippen LogP contribution in [0.2, 0.25) is 0 Å². The van der Waals surface area contributed by atoms with Crippen molar-refractivity contribution in [3.8, 4) is 0 Å². The Bertz CT molecular complexity index is 666. The highest BCUT2D eigenvalue weighted by molar-refractivity contribution is 7.80. The predicted octanol–water partition coefficient (Wildman–Crippen LogP) is 4.54. The quantitative estimate of drug-likeness (QED) is 0.680. The van der Waals surface area contributed by atoms with E-state index in [4.69, 9.17) is 17.3 Å². The van der Waals surface area contributed by atoms with Gasteiger partial charge in [0, 0.05) is 11.4 Å². The van der Waals surface area contributed by atoms with E-state index >= 15 is 0 Å². The zero-order chi connectivity index (χ0) is 16.7. The van der Waals surface area contributed by atoms with Crippen molar-refractivity contribution < 1.29 is 9.90 Å². The maximum Gasteiger partial charge on any atom is 0.335 e. The van der Waals surface area contributed by atoms with E-state index in [9.17, 15) is 4.79 Å². The number of aryl methyl sites for hydroxylation is 1. The fourth-order valence-electron chi connectivity index (χ4n) is 2.13. The molecule has 23 heavy (non-hydrogen) atoms. The molecule has 0 fully saturated rings. The van der Waals surface area contributed by atoms with Crippen LogP contribution in [0.25, 0.3) is 0 Å². The van der Waals surface area contributed by atoms with Crippen molar-refractivity contribution in [2.75, 3.05) is 10.6 Å². The highest BCUT2D eigenvalue weighted by atomic mass is 32.1. The van der Waals surface area contributed by atoms with Gasteiger partial charge in [-0.05, 0) is 67.0 Å². The zero-order valence-corrected chi connectivity index (χ0v) is 13.8. The molecule has 0 spiro atoms. The molecule has 0 heterocycles. The molecular formula is C18H20N2O2S. The van der Waals surface area contributed by atoms with Crippen molar-refractivity contribution in [3.63, 3.8) is 0 Å². The van der Waals surface area contributed by atoms with Crippen LogP contribution < -0.4 is 10.6 Å². The number of rotatable bonds is 6. The molecule has 2 rings (SSSR count). The van der Waals surface area contributed by atoms with Crippen molar-refractivity contribution >= 4 is 34.7 Å². The summed E-state index contributed by atoms with van der Waals surface area (Å²) in [5.41, 5.74) is 3.23. The second-order valence-corrected chi connectivity index (χ2v) is 5.67. The molecule has 0 aliphatic rings. The summed E-state index contributed by atoms with van der Waals surface area (Å²) in [7, 11) is 0. The summed E-state index contributed by atoms with van der Waals surface area (Å²) in [6.07, 6.45) is 3.48. The van der Waals surface area contributed by atoms with Gasteiger partial charge in [-0.25, -0.2) is 4.79 Å². The van der Waals surface area contributed by atoms with Crippen LogP contribution in [0.15, 0.2) is 48.5 Å². The Morgan fingerprint density at radius 2 is 1.52 bits per heavy atom. The van der Waals surface area contributed by atoms with Crippen LogP contribution in [0.4, 0.5) is 11.4 Å². The molecule has 0 saturated carbocycles.